The summed E-state index contributed by atoms with van der Waals surface area (Å²) < 4.78 is 1.64. The molecular formula is C25H20ClN7O. The van der Waals surface area contributed by atoms with Crippen molar-refractivity contribution in [1.82, 2.24) is 24.9 Å². The summed E-state index contributed by atoms with van der Waals surface area (Å²) in [5, 5.41) is 17.6. The number of benzene rings is 1. The Kier molecular flexibility index (Phi) is 4.34. The molecule has 1 amide bonds. The van der Waals surface area contributed by atoms with Crippen LogP contribution in [0.2, 0.25) is 5.15 Å². The Balaban J connectivity index is 1.50. The molecule has 9 heteroatoms. The van der Waals surface area contributed by atoms with Gasteiger partial charge in [0.1, 0.15) is 16.5 Å². The molecule has 0 spiro atoms. The molecular weight excluding hydrogens is 450 g/mol. The first-order chi connectivity index (χ1) is 16.3. The second-order valence-corrected chi connectivity index (χ2v) is 9.83. The quantitative estimate of drug-likeness (QED) is 0.440. The fourth-order valence-electron chi connectivity index (χ4n) is 5.34. The molecule has 0 radical (unpaired) electrons. The molecule has 34 heavy (non-hydrogen) atoms. The van der Waals surface area contributed by atoms with Gasteiger partial charge in [-0.3, -0.25) is 4.79 Å². The van der Waals surface area contributed by atoms with Gasteiger partial charge in [0, 0.05) is 28.5 Å². The van der Waals surface area contributed by atoms with E-state index in [0.717, 1.165) is 36.1 Å². The van der Waals surface area contributed by atoms with Crippen molar-refractivity contribution in [3.63, 3.8) is 0 Å². The molecule has 168 valence electrons. The Morgan fingerprint density at radius 1 is 1.18 bits per heavy atom. The molecule has 0 saturated heterocycles. The number of nitrogens with two attached hydrogens (primary N) is 1. The number of halogens is 1. The second-order valence-electron chi connectivity index (χ2n) is 9.44. The third-order valence-corrected chi connectivity index (χ3v) is 6.84. The maximum Gasteiger partial charge on any atom is 0.270 e. The Bertz CT molecular complexity index is 1510. The van der Waals surface area contributed by atoms with Gasteiger partial charge in [0.15, 0.2) is 5.65 Å². The van der Waals surface area contributed by atoms with E-state index in [1.165, 1.54) is 0 Å². The van der Waals surface area contributed by atoms with Crippen LogP contribution in [0.1, 0.15) is 41.0 Å². The molecule has 0 atom stereocenters. The minimum absolute atomic E-state index is 0.103. The summed E-state index contributed by atoms with van der Waals surface area (Å²) in [5.41, 5.74) is 10.8. The number of carbonyl (C=O) groups excluding carboxylic acids is 1. The van der Waals surface area contributed by atoms with E-state index in [1.807, 2.05) is 25.1 Å². The summed E-state index contributed by atoms with van der Waals surface area (Å²) in [7, 11) is 0. The number of hydrogen-bond donors (Lipinski definition) is 2. The second kappa shape index (κ2) is 7.10. The van der Waals surface area contributed by atoms with E-state index in [1.54, 1.807) is 35.0 Å². The van der Waals surface area contributed by atoms with Crippen LogP contribution in [-0.2, 0) is 0 Å². The first kappa shape index (κ1) is 20.8. The van der Waals surface area contributed by atoms with Crippen LogP contribution >= 0.6 is 11.6 Å². The van der Waals surface area contributed by atoms with E-state index >= 15 is 0 Å². The van der Waals surface area contributed by atoms with E-state index < -0.39 is 0 Å². The maximum absolute atomic E-state index is 13.0. The molecule has 7 rings (SSSR count). The van der Waals surface area contributed by atoms with E-state index in [-0.39, 0.29) is 17.0 Å². The van der Waals surface area contributed by atoms with Crippen molar-refractivity contribution in [1.29, 1.82) is 5.26 Å². The Hall–Kier alpha value is -3.80. The van der Waals surface area contributed by atoms with Crippen molar-refractivity contribution in [3.05, 3.63) is 70.8 Å². The summed E-state index contributed by atoms with van der Waals surface area (Å²) in [4.78, 5) is 22.0. The van der Waals surface area contributed by atoms with Crippen LogP contribution in [0.3, 0.4) is 0 Å². The van der Waals surface area contributed by atoms with Crippen LogP contribution in [0.5, 0.6) is 0 Å². The van der Waals surface area contributed by atoms with Crippen molar-refractivity contribution in [2.24, 2.45) is 5.73 Å². The van der Waals surface area contributed by atoms with Gasteiger partial charge in [-0.05, 0) is 62.1 Å². The lowest BCUT2D eigenvalue weighted by molar-refractivity contribution is -0.0713. The highest BCUT2D eigenvalue weighted by Crippen LogP contribution is 2.58. The standard InChI is InChI=1S/C25H20ClN7O/c1-14-7-17(9-19(26)29-14)20-21(16-4-2-3-15(8-16)10-27)32-33-6-5-18(30-22(20)33)23(34)31-25-11-24(28,12-25)13-25/h2-9H,11-13,28H2,1H3,(H,31,34). The normalized spacial score (nSPS) is 22.5. The average molecular weight is 470 g/mol. The lowest BCUT2D eigenvalue weighted by Gasteiger charge is -2.68. The highest BCUT2D eigenvalue weighted by atomic mass is 35.5. The molecule has 3 aromatic heterocycles. The number of fused-ring (bicyclic) bond motifs is 1. The minimum Gasteiger partial charge on any atom is -0.345 e. The van der Waals surface area contributed by atoms with Gasteiger partial charge in [0.2, 0.25) is 0 Å². The Morgan fingerprint density at radius 2 is 1.97 bits per heavy atom. The van der Waals surface area contributed by atoms with Crippen LogP contribution in [0.4, 0.5) is 0 Å². The van der Waals surface area contributed by atoms with Gasteiger partial charge in [-0.2, -0.15) is 10.4 Å². The third kappa shape index (κ3) is 3.24. The molecule has 3 fully saturated rings. The molecule has 3 N–H and O–H groups in total. The SMILES string of the molecule is Cc1cc(-c2c(-c3cccc(C#N)c3)nn3ccc(C(=O)NC45CC(N)(C4)C5)nc23)cc(Cl)n1. The minimum atomic E-state index is -0.228. The first-order valence-corrected chi connectivity index (χ1v) is 11.3. The van der Waals surface area contributed by atoms with Crippen LogP contribution in [0.15, 0.2) is 48.7 Å². The van der Waals surface area contributed by atoms with Gasteiger partial charge in [-0.1, -0.05) is 23.7 Å². The number of nitrogens with zero attached hydrogens (tertiary/aromatic N) is 5. The number of nitrogens with one attached hydrogen (secondary N) is 1. The van der Waals surface area contributed by atoms with Gasteiger partial charge in [0.25, 0.3) is 5.91 Å². The van der Waals surface area contributed by atoms with Gasteiger partial charge in [-0.25, -0.2) is 14.5 Å². The lowest BCUT2D eigenvalue weighted by atomic mass is 9.44. The lowest BCUT2D eigenvalue weighted by Crippen LogP contribution is -2.82. The number of hydrogen-bond acceptors (Lipinski definition) is 6. The van der Waals surface area contributed by atoms with Gasteiger partial charge >= 0.3 is 0 Å². The molecule has 3 aliphatic carbocycles. The van der Waals surface area contributed by atoms with Crippen molar-refractivity contribution in [2.45, 2.75) is 37.3 Å². The summed E-state index contributed by atoms with van der Waals surface area (Å²) in [6.07, 6.45) is 4.14. The van der Waals surface area contributed by atoms with Crippen molar-refractivity contribution < 1.29 is 4.79 Å². The fraction of sp³-hybridized carbons (Fsp3) is 0.240. The summed E-state index contributed by atoms with van der Waals surface area (Å²) in [6.45, 7) is 1.86. The number of amides is 1. The smallest absolute Gasteiger partial charge is 0.270 e. The molecule has 8 nitrogen and oxygen atoms in total. The largest absolute Gasteiger partial charge is 0.345 e. The van der Waals surface area contributed by atoms with Gasteiger partial charge in [-0.15, -0.1) is 0 Å². The van der Waals surface area contributed by atoms with Crippen molar-refractivity contribution in [3.8, 4) is 28.5 Å². The topological polar surface area (TPSA) is 122 Å². The predicted octanol–water partition coefficient (Wildman–Crippen LogP) is 3.66. The number of carbonyl (C=O) groups is 1. The third-order valence-electron chi connectivity index (χ3n) is 6.64. The number of aromatic nitrogens is 4. The number of rotatable bonds is 4. The highest BCUT2D eigenvalue weighted by Gasteiger charge is 2.66. The Morgan fingerprint density at radius 3 is 2.68 bits per heavy atom. The fourth-order valence-corrected chi connectivity index (χ4v) is 5.59. The van der Waals surface area contributed by atoms with Gasteiger partial charge in [0.05, 0.1) is 17.2 Å². The first-order valence-electron chi connectivity index (χ1n) is 10.9. The number of aryl methyl sites for hydroxylation is 1. The van der Waals surface area contributed by atoms with Crippen molar-refractivity contribution in [2.75, 3.05) is 0 Å². The summed E-state index contributed by atoms with van der Waals surface area (Å²) >= 11 is 6.28. The molecule has 0 aliphatic heterocycles. The molecule has 3 saturated carbocycles. The zero-order chi connectivity index (χ0) is 23.7. The zero-order valence-corrected chi connectivity index (χ0v) is 19.1. The van der Waals surface area contributed by atoms with E-state index in [2.05, 4.69) is 16.4 Å². The molecule has 0 unspecified atom stereocenters. The van der Waals surface area contributed by atoms with E-state index in [9.17, 15) is 10.1 Å². The monoisotopic (exact) mass is 469 g/mol. The zero-order valence-electron chi connectivity index (χ0n) is 18.3. The number of pyridine rings is 1. The Labute approximate surface area is 200 Å². The van der Waals surface area contributed by atoms with E-state index in [4.69, 9.17) is 27.4 Å². The molecule has 3 aliphatic rings. The van der Waals surface area contributed by atoms with Gasteiger partial charge < -0.3 is 11.1 Å². The molecule has 2 bridgehead atoms. The molecule has 1 aromatic carbocycles. The number of nitriles is 1. The summed E-state index contributed by atoms with van der Waals surface area (Å²) in [6, 6.07) is 14.7. The van der Waals surface area contributed by atoms with Crippen molar-refractivity contribution >= 4 is 23.2 Å². The molecule has 3 heterocycles. The average Bonchev–Trinajstić information content (AvgIpc) is 3.15. The highest BCUT2D eigenvalue weighted by molar-refractivity contribution is 6.29. The van der Waals surface area contributed by atoms with Crippen LogP contribution in [0, 0.1) is 18.3 Å². The van der Waals surface area contributed by atoms with Crippen LogP contribution in [0.25, 0.3) is 28.0 Å². The van der Waals surface area contributed by atoms with E-state index in [0.29, 0.717) is 33.3 Å². The molecule has 4 aromatic rings. The maximum atomic E-state index is 13.0. The van der Waals surface area contributed by atoms with Crippen LogP contribution < -0.4 is 11.1 Å². The van der Waals surface area contributed by atoms with Crippen LogP contribution in [-0.4, -0.2) is 36.6 Å². The summed E-state index contributed by atoms with van der Waals surface area (Å²) in [5.74, 6) is -0.228. The predicted molar refractivity (Wildman–Crippen MR) is 127 cm³/mol.